The van der Waals surface area contributed by atoms with E-state index < -0.39 is 0 Å². The third kappa shape index (κ3) is 4.18. The number of aromatic nitrogens is 2. The van der Waals surface area contributed by atoms with E-state index in [2.05, 4.69) is 25.5 Å². The summed E-state index contributed by atoms with van der Waals surface area (Å²) in [7, 11) is 0. The van der Waals surface area contributed by atoms with Crippen molar-refractivity contribution in [3.05, 3.63) is 18.0 Å². The van der Waals surface area contributed by atoms with Gasteiger partial charge in [0.05, 0.1) is 18.2 Å². The van der Waals surface area contributed by atoms with Crippen molar-refractivity contribution in [2.45, 2.75) is 38.6 Å². The van der Waals surface area contributed by atoms with Crippen molar-refractivity contribution >= 4 is 17.8 Å². The van der Waals surface area contributed by atoms with Crippen LogP contribution in [-0.2, 0) is 16.1 Å². The van der Waals surface area contributed by atoms with E-state index in [4.69, 9.17) is 0 Å². The fourth-order valence-corrected chi connectivity index (χ4v) is 3.01. The minimum Gasteiger partial charge on any atom is -0.355 e. The third-order valence-corrected chi connectivity index (χ3v) is 4.42. The predicted octanol–water partition coefficient (Wildman–Crippen LogP) is 0.609. The summed E-state index contributed by atoms with van der Waals surface area (Å²) in [5.41, 5.74) is 0.814. The summed E-state index contributed by atoms with van der Waals surface area (Å²) < 4.78 is 0. The Kier molecular flexibility index (Phi) is 5.05. The first kappa shape index (κ1) is 15.7. The second kappa shape index (κ2) is 7.39. The number of nitrogens with one attached hydrogen (secondary N) is 2. The molecule has 7 nitrogen and oxygen atoms in total. The number of amides is 2. The lowest BCUT2D eigenvalue weighted by Crippen LogP contribution is -2.42. The lowest BCUT2D eigenvalue weighted by atomic mass is 9.98. The zero-order chi connectivity index (χ0) is 16.1. The largest absolute Gasteiger partial charge is 0.355 e. The molecule has 0 radical (unpaired) electrons. The van der Waals surface area contributed by atoms with Crippen molar-refractivity contribution in [1.82, 2.24) is 20.6 Å². The first-order valence-corrected chi connectivity index (χ1v) is 8.33. The summed E-state index contributed by atoms with van der Waals surface area (Å²) in [5.74, 6) is 0.608. The highest BCUT2D eigenvalue weighted by Gasteiger charge is 2.24. The highest BCUT2D eigenvalue weighted by molar-refractivity contribution is 5.83. The van der Waals surface area contributed by atoms with E-state index in [-0.39, 0.29) is 17.7 Å². The van der Waals surface area contributed by atoms with Gasteiger partial charge in [-0.2, -0.15) is 0 Å². The smallest absolute Gasteiger partial charge is 0.225 e. The fraction of sp³-hybridized carbons (Fsp3) is 0.625. The normalized spacial score (nSPS) is 21.7. The predicted molar refractivity (Wildman–Crippen MR) is 85.7 cm³/mol. The van der Waals surface area contributed by atoms with Gasteiger partial charge in [-0.05, 0) is 31.7 Å². The van der Waals surface area contributed by atoms with Crippen LogP contribution in [0.3, 0.4) is 0 Å². The number of anilines is 1. The molecule has 124 valence electrons. The number of carbonyl (C=O) groups excluding carboxylic acids is 2. The lowest BCUT2D eigenvalue weighted by molar-refractivity contribution is -0.129. The molecule has 1 unspecified atom stereocenters. The first-order chi connectivity index (χ1) is 11.2. The first-order valence-electron chi connectivity index (χ1n) is 8.33. The van der Waals surface area contributed by atoms with Gasteiger partial charge in [0.2, 0.25) is 17.8 Å². The monoisotopic (exact) mass is 317 g/mol. The lowest BCUT2D eigenvalue weighted by Gasteiger charge is -2.26. The van der Waals surface area contributed by atoms with Crippen LogP contribution in [0.15, 0.2) is 12.3 Å². The number of hydrogen-bond donors (Lipinski definition) is 2. The second-order valence-electron chi connectivity index (χ2n) is 6.15. The summed E-state index contributed by atoms with van der Waals surface area (Å²) in [6.45, 7) is 2.81. The van der Waals surface area contributed by atoms with Crippen LogP contribution < -0.4 is 15.5 Å². The maximum atomic E-state index is 12.1. The van der Waals surface area contributed by atoms with E-state index >= 15 is 0 Å². The molecule has 2 aliphatic rings. The summed E-state index contributed by atoms with van der Waals surface area (Å²) >= 11 is 0. The number of hydrogen-bond acceptors (Lipinski definition) is 5. The van der Waals surface area contributed by atoms with E-state index in [0.29, 0.717) is 25.9 Å². The Balaban J connectivity index is 1.53. The van der Waals surface area contributed by atoms with Gasteiger partial charge < -0.3 is 15.5 Å². The molecule has 2 N–H and O–H groups in total. The molecule has 0 aliphatic carbocycles. The van der Waals surface area contributed by atoms with Crippen LogP contribution in [0.25, 0.3) is 0 Å². The van der Waals surface area contributed by atoms with Crippen LogP contribution in [0.5, 0.6) is 0 Å². The average Bonchev–Trinajstić information content (AvgIpc) is 2.61. The van der Waals surface area contributed by atoms with Crippen LogP contribution in [0.1, 0.15) is 37.8 Å². The van der Waals surface area contributed by atoms with E-state index in [0.717, 1.165) is 24.7 Å². The highest BCUT2D eigenvalue weighted by atomic mass is 16.2. The molecule has 0 saturated carbocycles. The molecule has 2 saturated heterocycles. The van der Waals surface area contributed by atoms with Gasteiger partial charge in [0.1, 0.15) is 0 Å². The summed E-state index contributed by atoms with van der Waals surface area (Å²) in [6, 6.07) is 1.83. The third-order valence-electron chi connectivity index (χ3n) is 4.42. The molecule has 23 heavy (non-hydrogen) atoms. The van der Waals surface area contributed by atoms with Crippen molar-refractivity contribution in [2.75, 3.05) is 24.5 Å². The van der Waals surface area contributed by atoms with Gasteiger partial charge in [0.15, 0.2) is 0 Å². The van der Waals surface area contributed by atoms with Crippen molar-refractivity contribution in [1.29, 1.82) is 0 Å². The molecule has 3 heterocycles. The van der Waals surface area contributed by atoms with Crippen molar-refractivity contribution in [3.8, 4) is 0 Å². The zero-order valence-corrected chi connectivity index (χ0v) is 13.3. The fourth-order valence-electron chi connectivity index (χ4n) is 3.01. The summed E-state index contributed by atoms with van der Waals surface area (Å²) in [6.07, 6.45) is 6.41. The van der Waals surface area contributed by atoms with E-state index in [9.17, 15) is 9.59 Å². The van der Waals surface area contributed by atoms with Crippen LogP contribution in [0, 0.1) is 5.92 Å². The number of piperidine rings is 2. The molecular formula is C16H23N5O2. The van der Waals surface area contributed by atoms with Gasteiger partial charge in [-0.25, -0.2) is 9.97 Å². The molecule has 1 aromatic rings. The van der Waals surface area contributed by atoms with E-state index in [1.807, 2.05) is 6.07 Å². The maximum absolute atomic E-state index is 12.1. The number of nitrogens with zero attached hydrogens (tertiary/aromatic N) is 3. The zero-order valence-electron chi connectivity index (χ0n) is 13.3. The van der Waals surface area contributed by atoms with Gasteiger partial charge >= 0.3 is 0 Å². The Morgan fingerprint density at radius 2 is 2.17 bits per heavy atom. The Bertz CT molecular complexity index is 561. The Morgan fingerprint density at radius 3 is 2.91 bits per heavy atom. The van der Waals surface area contributed by atoms with Gasteiger partial charge in [-0.1, -0.05) is 0 Å². The SMILES string of the molecule is O=C1CCC(C(=O)NCc2ccnc(N3CCCCC3)n2)CN1. The summed E-state index contributed by atoms with van der Waals surface area (Å²) in [5, 5.41) is 5.65. The molecular weight excluding hydrogens is 294 g/mol. The number of carbonyl (C=O) groups is 2. The van der Waals surface area contributed by atoms with Crippen molar-refractivity contribution in [2.24, 2.45) is 5.92 Å². The topological polar surface area (TPSA) is 87.2 Å². The van der Waals surface area contributed by atoms with Crippen LogP contribution in [0.4, 0.5) is 5.95 Å². The van der Waals surface area contributed by atoms with E-state index in [1.54, 1.807) is 6.20 Å². The molecule has 1 atom stereocenters. The molecule has 2 aliphatic heterocycles. The molecule has 0 bridgehead atoms. The Morgan fingerprint density at radius 1 is 1.35 bits per heavy atom. The summed E-state index contributed by atoms with van der Waals surface area (Å²) in [4.78, 5) is 34.4. The van der Waals surface area contributed by atoms with E-state index in [1.165, 1.54) is 19.3 Å². The van der Waals surface area contributed by atoms with Crippen molar-refractivity contribution in [3.63, 3.8) is 0 Å². The van der Waals surface area contributed by atoms with Crippen LogP contribution in [-0.4, -0.2) is 41.4 Å². The minimum absolute atomic E-state index is 0.0241. The Hall–Kier alpha value is -2.18. The highest BCUT2D eigenvalue weighted by Crippen LogP contribution is 2.15. The van der Waals surface area contributed by atoms with Crippen LogP contribution >= 0.6 is 0 Å². The standard InChI is InChI=1S/C16H23N5O2/c22-14-5-4-12(10-18-14)15(23)19-11-13-6-7-17-16(20-13)21-8-2-1-3-9-21/h6-7,12H,1-5,8-11H2,(H,18,22)(H,19,23). The number of rotatable bonds is 4. The minimum atomic E-state index is -0.142. The van der Waals surface area contributed by atoms with Gasteiger partial charge in [-0.3, -0.25) is 9.59 Å². The van der Waals surface area contributed by atoms with Gasteiger partial charge in [-0.15, -0.1) is 0 Å². The average molecular weight is 317 g/mol. The quantitative estimate of drug-likeness (QED) is 0.849. The van der Waals surface area contributed by atoms with Crippen LogP contribution in [0.2, 0.25) is 0 Å². The molecule has 7 heteroatoms. The molecule has 1 aromatic heterocycles. The molecule has 0 spiro atoms. The second-order valence-corrected chi connectivity index (χ2v) is 6.15. The molecule has 3 rings (SSSR count). The molecule has 2 fully saturated rings. The van der Waals surface area contributed by atoms with Crippen molar-refractivity contribution < 1.29 is 9.59 Å². The van der Waals surface area contributed by atoms with Gasteiger partial charge in [0, 0.05) is 32.3 Å². The Labute approximate surface area is 135 Å². The molecule has 2 amide bonds. The van der Waals surface area contributed by atoms with Gasteiger partial charge in [0.25, 0.3) is 0 Å². The molecule has 0 aromatic carbocycles. The maximum Gasteiger partial charge on any atom is 0.225 e.